The number of rotatable bonds is 3. The van der Waals surface area contributed by atoms with Crippen LogP contribution in [0.1, 0.15) is 11.1 Å². The van der Waals surface area contributed by atoms with E-state index in [4.69, 9.17) is 5.73 Å². The van der Waals surface area contributed by atoms with Gasteiger partial charge in [-0.1, -0.05) is 18.2 Å². The van der Waals surface area contributed by atoms with Crippen molar-refractivity contribution in [3.8, 4) is 0 Å². The first-order chi connectivity index (χ1) is 9.54. The Morgan fingerprint density at radius 3 is 2.55 bits per heavy atom. The summed E-state index contributed by atoms with van der Waals surface area (Å²) < 4.78 is 1.13. The zero-order chi connectivity index (χ0) is 14.5. The number of carbonyl (C=O) groups excluding carboxylic acids is 1. The molecule has 4 heteroatoms. The Labute approximate surface area is 132 Å². The van der Waals surface area contributed by atoms with E-state index in [9.17, 15) is 4.79 Å². The first-order valence-corrected chi connectivity index (χ1v) is 7.23. The van der Waals surface area contributed by atoms with E-state index >= 15 is 0 Å². The van der Waals surface area contributed by atoms with E-state index in [-0.39, 0.29) is 5.91 Å². The molecule has 0 fully saturated rings. The molecule has 0 aliphatic carbocycles. The van der Waals surface area contributed by atoms with Gasteiger partial charge in [0, 0.05) is 21.0 Å². The molecule has 20 heavy (non-hydrogen) atoms. The van der Waals surface area contributed by atoms with Crippen LogP contribution in [0.25, 0.3) is 6.08 Å². The van der Waals surface area contributed by atoms with E-state index in [0.717, 1.165) is 14.8 Å². The van der Waals surface area contributed by atoms with Gasteiger partial charge in [0.1, 0.15) is 0 Å². The van der Waals surface area contributed by atoms with Gasteiger partial charge in [0.2, 0.25) is 5.91 Å². The number of hydrogen-bond acceptors (Lipinski definition) is 2. The van der Waals surface area contributed by atoms with Gasteiger partial charge in [-0.05, 0) is 71.0 Å². The molecule has 0 heterocycles. The van der Waals surface area contributed by atoms with Crippen molar-refractivity contribution >= 4 is 45.9 Å². The van der Waals surface area contributed by atoms with Gasteiger partial charge in [0.05, 0.1) is 0 Å². The minimum Gasteiger partial charge on any atom is -0.399 e. The fraction of sp³-hybridized carbons (Fsp3) is 0.0625. The van der Waals surface area contributed by atoms with Gasteiger partial charge in [-0.15, -0.1) is 0 Å². The fourth-order valence-electron chi connectivity index (χ4n) is 1.63. The lowest BCUT2D eigenvalue weighted by atomic mass is 10.2. The lowest BCUT2D eigenvalue weighted by Crippen LogP contribution is -2.07. The normalized spacial score (nSPS) is 10.7. The number of aryl methyl sites for hydroxylation is 1. The van der Waals surface area contributed by atoms with Crippen molar-refractivity contribution in [1.29, 1.82) is 0 Å². The van der Waals surface area contributed by atoms with Crippen LogP contribution in [0.15, 0.2) is 48.5 Å². The number of benzene rings is 2. The number of halogens is 1. The number of carbonyl (C=O) groups is 1. The molecule has 0 aliphatic heterocycles. The van der Waals surface area contributed by atoms with Gasteiger partial charge in [-0.3, -0.25) is 4.79 Å². The average Bonchev–Trinajstić information content (AvgIpc) is 2.42. The number of hydrogen-bond donors (Lipinski definition) is 2. The molecule has 1 amide bonds. The maximum atomic E-state index is 11.8. The van der Waals surface area contributed by atoms with Crippen molar-refractivity contribution in [2.24, 2.45) is 0 Å². The molecule has 0 bridgehead atoms. The van der Waals surface area contributed by atoms with Crippen LogP contribution in [0, 0.1) is 10.5 Å². The second-order valence-corrected chi connectivity index (χ2v) is 5.62. The first-order valence-electron chi connectivity index (χ1n) is 6.15. The highest BCUT2D eigenvalue weighted by molar-refractivity contribution is 14.1. The largest absolute Gasteiger partial charge is 0.399 e. The Balaban J connectivity index is 2.01. The molecule has 0 saturated carbocycles. The summed E-state index contributed by atoms with van der Waals surface area (Å²) >= 11 is 2.25. The third kappa shape index (κ3) is 4.09. The molecular weight excluding hydrogens is 363 g/mol. The summed E-state index contributed by atoms with van der Waals surface area (Å²) in [5.41, 5.74) is 9.25. The molecule has 0 spiro atoms. The van der Waals surface area contributed by atoms with Crippen molar-refractivity contribution in [2.45, 2.75) is 6.92 Å². The van der Waals surface area contributed by atoms with Gasteiger partial charge in [0.15, 0.2) is 0 Å². The smallest absolute Gasteiger partial charge is 0.248 e. The Kier molecular flexibility index (Phi) is 4.79. The van der Waals surface area contributed by atoms with Gasteiger partial charge >= 0.3 is 0 Å². The van der Waals surface area contributed by atoms with Crippen LogP contribution in [-0.4, -0.2) is 5.91 Å². The van der Waals surface area contributed by atoms with E-state index in [1.165, 1.54) is 11.6 Å². The highest BCUT2D eigenvalue weighted by Crippen LogP contribution is 2.17. The van der Waals surface area contributed by atoms with Gasteiger partial charge < -0.3 is 11.1 Å². The van der Waals surface area contributed by atoms with Crippen LogP contribution >= 0.6 is 22.6 Å². The third-order valence-electron chi connectivity index (χ3n) is 2.80. The van der Waals surface area contributed by atoms with E-state index in [0.29, 0.717) is 5.69 Å². The Bertz CT molecular complexity index is 648. The molecule has 3 nitrogen and oxygen atoms in total. The Hall–Kier alpha value is -1.82. The van der Waals surface area contributed by atoms with E-state index in [1.54, 1.807) is 18.2 Å². The summed E-state index contributed by atoms with van der Waals surface area (Å²) in [4.78, 5) is 11.8. The SMILES string of the molecule is Cc1ccc(NC(=O)/C=C/c2ccc(N)cc2)cc1I. The maximum absolute atomic E-state index is 11.8. The molecule has 0 radical (unpaired) electrons. The standard InChI is InChI=1S/C16H15IN2O/c1-11-2-8-14(10-15(11)17)19-16(20)9-5-12-3-6-13(18)7-4-12/h2-10H,18H2,1H3,(H,19,20)/b9-5+. The minimum atomic E-state index is -0.151. The molecule has 0 aromatic heterocycles. The Morgan fingerprint density at radius 1 is 1.20 bits per heavy atom. The second kappa shape index (κ2) is 6.56. The molecular formula is C16H15IN2O. The summed E-state index contributed by atoms with van der Waals surface area (Å²) in [5, 5.41) is 2.84. The Morgan fingerprint density at radius 2 is 1.90 bits per heavy atom. The quantitative estimate of drug-likeness (QED) is 0.485. The van der Waals surface area contributed by atoms with E-state index < -0.39 is 0 Å². The lowest BCUT2D eigenvalue weighted by molar-refractivity contribution is -0.111. The zero-order valence-electron chi connectivity index (χ0n) is 11.1. The summed E-state index contributed by atoms with van der Waals surface area (Å²) in [6.45, 7) is 2.04. The summed E-state index contributed by atoms with van der Waals surface area (Å²) in [7, 11) is 0. The molecule has 2 aromatic rings. The highest BCUT2D eigenvalue weighted by atomic mass is 127. The van der Waals surface area contributed by atoms with E-state index in [2.05, 4.69) is 27.9 Å². The fourth-order valence-corrected chi connectivity index (χ4v) is 2.15. The minimum absolute atomic E-state index is 0.151. The van der Waals surface area contributed by atoms with Crippen LogP contribution in [0.5, 0.6) is 0 Å². The topological polar surface area (TPSA) is 55.1 Å². The first kappa shape index (κ1) is 14.6. The number of amides is 1. The van der Waals surface area contributed by atoms with Crippen LogP contribution in [-0.2, 0) is 4.79 Å². The number of anilines is 2. The van der Waals surface area contributed by atoms with Gasteiger partial charge in [0.25, 0.3) is 0 Å². The van der Waals surface area contributed by atoms with Crippen molar-refractivity contribution in [3.63, 3.8) is 0 Å². The molecule has 3 N–H and O–H groups in total. The van der Waals surface area contributed by atoms with Crippen LogP contribution in [0.4, 0.5) is 11.4 Å². The van der Waals surface area contributed by atoms with Crippen LogP contribution < -0.4 is 11.1 Å². The van der Waals surface area contributed by atoms with Crippen LogP contribution in [0.3, 0.4) is 0 Å². The third-order valence-corrected chi connectivity index (χ3v) is 3.97. The van der Waals surface area contributed by atoms with Crippen LogP contribution in [0.2, 0.25) is 0 Å². The molecule has 0 aliphatic rings. The highest BCUT2D eigenvalue weighted by Gasteiger charge is 2.00. The number of nitrogens with one attached hydrogen (secondary N) is 1. The van der Waals surface area contributed by atoms with Gasteiger partial charge in [-0.25, -0.2) is 0 Å². The molecule has 0 saturated heterocycles. The number of nitrogen functional groups attached to an aromatic ring is 1. The van der Waals surface area contributed by atoms with Crippen molar-refractivity contribution in [3.05, 3.63) is 63.2 Å². The average molecular weight is 378 g/mol. The monoisotopic (exact) mass is 378 g/mol. The second-order valence-electron chi connectivity index (χ2n) is 4.45. The molecule has 102 valence electrons. The predicted molar refractivity (Wildman–Crippen MR) is 92.4 cm³/mol. The van der Waals surface area contributed by atoms with Crippen molar-refractivity contribution in [2.75, 3.05) is 11.1 Å². The summed E-state index contributed by atoms with van der Waals surface area (Å²) in [6, 6.07) is 13.2. The zero-order valence-corrected chi connectivity index (χ0v) is 13.2. The van der Waals surface area contributed by atoms with E-state index in [1.807, 2.05) is 37.3 Å². The van der Waals surface area contributed by atoms with Crippen molar-refractivity contribution < 1.29 is 4.79 Å². The number of nitrogens with two attached hydrogens (primary N) is 1. The molecule has 0 unspecified atom stereocenters. The molecule has 2 rings (SSSR count). The molecule has 0 atom stereocenters. The summed E-state index contributed by atoms with van der Waals surface area (Å²) in [5.74, 6) is -0.151. The van der Waals surface area contributed by atoms with Crippen molar-refractivity contribution in [1.82, 2.24) is 0 Å². The maximum Gasteiger partial charge on any atom is 0.248 e. The summed E-state index contributed by atoms with van der Waals surface area (Å²) in [6.07, 6.45) is 3.27. The van der Waals surface area contributed by atoms with Gasteiger partial charge in [-0.2, -0.15) is 0 Å². The lowest BCUT2D eigenvalue weighted by Gasteiger charge is -2.04. The predicted octanol–water partition coefficient (Wildman–Crippen LogP) is 3.83. The molecule has 2 aromatic carbocycles.